The first-order valence-corrected chi connectivity index (χ1v) is 7.39. The van der Waals surface area contributed by atoms with Crippen LogP contribution >= 0.6 is 11.6 Å². The Labute approximate surface area is 124 Å². The van der Waals surface area contributed by atoms with Crippen LogP contribution in [0.2, 0.25) is 5.15 Å². The Morgan fingerprint density at radius 3 is 2.35 bits per heavy atom. The van der Waals surface area contributed by atoms with Crippen LogP contribution in [-0.4, -0.2) is 28.9 Å². The Bertz CT molecular complexity index is 606. The van der Waals surface area contributed by atoms with Crippen molar-refractivity contribution in [2.75, 3.05) is 13.1 Å². The second kappa shape index (κ2) is 6.71. The van der Waals surface area contributed by atoms with Gasteiger partial charge in [-0.1, -0.05) is 49.7 Å². The van der Waals surface area contributed by atoms with Gasteiger partial charge < -0.3 is 4.90 Å². The largest absolute Gasteiger partial charge is 0.339 e. The molecular weight excluding hydrogens is 272 g/mol. The van der Waals surface area contributed by atoms with Crippen LogP contribution < -0.4 is 0 Å². The molecule has 0 fully saturated rings. The summed E-state index contributed by atoms with van der Waals surface area (Å²) < 4.78 is 0. The van der Waals surface area contributed by atoms with Gasteiger partial charge in [0, 0.05) is 24.7 Å². The molecule has 0 saturated heterocycles. The molecule has 0 aliphatic carbocycles. The minimum atomic E-state index is 0.0362. The van der Waals surface area contributed by atoms with Crippen LogP contribution in [0.5, 0.6) is 0 Å². The van der Waals surface area contributed by atoms with E-state index in [1.54, 1.807) is 6.20 Å². The number of pyridine rings is 1. The van der Waals surface area contributed by atoms with Crippen LogP contribution in [0.25, 0.3) is 10.8 Å². The summed E-state index contributed by atoms with van der Waals surface area (Å²) in [6.07, 6.45) is 3.49. The number of carbonyl (C=O) groups excluding carboxylic acids is 1. The predicted molar refractivity (Wildman–Crippen MR) is 83.2 cm³/mol. The first kappa shape index (κ1) is 14.8. The van der Waals surface area contributed by atoms with E-state index in [4.69, 9.17) is 11.6 Å². The van der Waals surface area contributed by atoms with Crippen molar-refractivity contribution in [3.63, 3.8) is 0 Å². The van der Waals surface area contributed by atoms with Crippen LogP contribution in [-0.2, 0) is 0 Å². The van der Waals surface area contributed by atoms with Gasteiger partial charge in [0.1, 0.15) is 5.15 Å². The van der Waals surface area contributed by atoms with Crippen LogP contribution in [0, 0.1) is 0 Å². The number of hydrogen-bond acceptors (Lipinski definition) is 2. The van der Waals surface area contributed by atoms with Crippen molar-refractivity contribution in [2.45, 2.75) is 26.7 Å². The number of hydrogen-bond donors (Lipinski definition) is 0. The first-order valence-electron chi connectivity index (χ1n) is 7.01. The third-order valence-corrected chi connectivity index (χ3v) is 3.55. The summed E-state index contributed by atoms with van der Waals surface area (Å²) in [5.41, 5.74) is 0.631. The smallest absolute Gasteiger partial charge is 0.256 e. The van der Waals surface area contributed by atoms with Crippen molar-refractivity contribution in [1.29, 1.82) is 0 Å². The topological polar surface area (TPSA) is 33.2 Å². The molecule has 0 atom stereocenters. The van der Waals surface area contributed by atoms with E-state index < -0.39 is 0 Å². The summed E-state index contributed by atoms with van der Waals surface area (Å²) in [5.74, 6) is 0.0362. The normalized spacial score (nSPS) is 10.8. The van der Waals surface area contributed by atoms with Crippen molar-refractivity contribution in [3.05, 3.63) is 41.2 Å². The maximum absolute atomic E-state index is 12.7. The number of carbonyl (C=O) groups is 1. The maximum atomic E-state index is 12.7. The van der Waals surface area contributed by atoms with E-state index in [-0.39, 0.29) is 5.91 Å². The summed E-state index contributed by atoms with van der Waals surface area (Å²) in [4.78, 5) is 18.7. The van der Waals surface area contributed by atoms with Gasteiger partial charge in [-0.15, -0.1) is 0 Å². The van der Waals surface area contributed by atoms with Gasteiger partial charge in [0.2, 0.25) is 0 Å². The molecule has 3 nitrogen and oxygen atoms in total. The van der Waals surface area contributed by atoms with Gasteiger partial charge in [0.05, 0.1) is 5.56 Å². The number of rotatable bonds is 5. The van der Waals surface area contributed by atoms with Crippen molar-refractivity contribution >= 4 is 28.3 Å². The van der Waals surface area contributed by atoms with E-state index >= 15 is 0 Å². The van der Waals surface area contributed by atoms with Crippen molar-refractivity contribution < 1.29 is 4.79 Å². The number of aromatic nitrogens is 1. The van der Waals surface area contributed by atoms with Gasteiger partial charge in [-0.05, 0) is 18.2 Å². The summed E-state index contributed by atoms with van der Waals surface area (Å²) in [6.45, 7) is 5.69. The Morgan fingerprint density at radius 2 is 1.75 bits per heavy atom. The van der Waals surface area contributed by atoms with Gasteiger partial charge in [0.15, 0.2) is 0 Å². The SMILES string of the molecule is CCCN(CCC)C(=O)c1cnc(Cl)c2ccccc12. The lowest BCUT2D eigenvalue weighted by atomic mass is 10.1. The number of nitrogens with zero attached hydrogens (tertiary/aromatic N) is 2. The van der Waals surface area contributed by atoms with E-state index in [9.17, 15) is 4.79 Å². The molecule has 0 bridgehead atoms. The van der Waals surface area contributed by atoms with Crippen LogP contribution in [0.4, 0.5) is 0 Å². The molecule has 2 aromatic rings. The van der Waals surface area contributed by atoms with Crippen LogP contribution in [0.3, 0.4) is 0 Å². The Hall–Kier alpha value is -1.61. The molecule has 1 amide bonds. The van der Waals surface area contributed by atoms with Crippen molar-refractivity contribution in [2.24, 2.45) is 0 Å². The summed E-state index contributed by atoms with van der Waals surface area (Å²) >= 11 is 6.10. The first-order chi connectivity index (χ1) is 9.69. The molecule has 0 N–H and O–H groups in total. The van der Waals surface area contributed by atoms with Gasteiger partial charge in [-0.25, -0.2) is 4.98 Å². The highest BCUT2D eigenvalue weighted by Crippen LogP contribution is 2.25. The molecule has 1 heterocycles. The lowest BCUT2D eigenvalue weighted by Crippen LogP contribution is -2.32. The Kier molecular flexibility index (Phi) is 4.96. The fourth-order valence-corrected chi connectivity index (χ4v) is 2.57. The van der Waals surface area contributed by atoms with Gasteiger partial charge in [-0.2, -0.15) is 0 Å². The third-order valence-electron chi connectivity index (χ3n) is 3.25. The highest BCUT2D eigenvalue weighted by molar-refractivity contribution is 6.34. The minimum absolute atomic E-state index is 0.0362. The average molecular weight is 291 g/mol. The number of fused-ring (bicyclic) bond motifs is 1. The highest BCUT2D eigenvalue weighted by atomic mass is 35.5. The predicted octanol–water partition coefficient (Wildman–Crippen LogP) is 4.15. The molecular formula is C16H19ClN2O. The zero-order valence-corrected chi connectivity index (χ0v) is 12.7. The molecule has 20 heavy (non-hydrogen) atoms. The van der Waals surface area contributed by atoms with Gasteiger partial charge in [0.25, 0.3) is 5.91 Å². The quantitative estimate of drug-likeness (QED) is 0.775. The lowest BCUT2D eigenvalue weighted by Gasteiger charge is -2.22. The van der Waals surface area contributed by atoms with E-state index in [1.807, 2.05) is 29.2 Å². The van der Waals surface area contributed by atoms with Crippen LogP contribution in [0.1, 0.15) is 37.0 Å². The molecule has 0 unspecified atom stereocenters. The fraction of sp³-hybridized carbons (Fsp3) is 0.375. The number of halogens is 1. The molecule has 0 aliphatic rings. The number of benzene rings is 1. The minimum Gasteiger partial charge on any atom is -0.339 e. The van der Waals surface area contributed by atoms with E-state index in [0.717, 1.165) is 36.7 Å². The zero-order valence-electron chi connectivity index (χ0n) is 11.9. The highest BCUT2D eigenvalue weighted by Gasteiger charge is 2.18. The van der Waals surface area contributed by atoms with E-state index in [2.05, 4.69) is 18.8 Å². The summed E-state index contributed by atoms with van der Waals surface area (Å²) in [6, 6.07) is 7.64. The standard InChI is InChI=1S/C16H19ClN2O/c1-3-9-19(10-4-2)16(20)14-11-18-15(17)13-8-6-5-7-12(13)14/h5-8,11H,3-4,9-10H2,1-2H3. The van der Waals surface area contributed by atoms with Crippen molar-refractivity contribution in [3.8, 4) is 0 Å². The third kappa shape index (κ3) is 2.93. The van der Waals surface area contributed by atoms with Crippen molar-refractivity contribution in [1.82, 2.24) is 9.88 Å². The van der Waals surface area contributed by atoms with Gasteiger partial charge >= 0.3 is 0 Å². The molecule has 2 rings (SSSR count). The summed E-state index contributed by atoms with van der Waals surface area (Å²) in [7, 11) is 0. The average Bonchev–Trinajstić information content (AvgIpc) is 2.47. The zero-order chi connectivity index (χ0) is 14.5. The Balaban J connectivity index is 2.46. The summed E-state index contributed by atoms with van der Waals surface area (Å²) in [5, 5.41) is 2.14. The molecule has 0 saturated carbocycles. The van der Waals surface area contributed by atoms with E-state index in [0.29, 0.717) is 10.7 Å². The molecule has 4 heteroatoms. The second-order valence-electron chi connectivity index (χ2n) is 4.80. The van der Waals surface area contributed by atoms with Gasteiger partial charge in [-0.3, -0.25) is 4.79 Å². The van der Waals surface area contributed by atoms with E-state index in [1.165, 1.54) is 0 Å². The monoisotopic (exact) mass is 290 g/mol. The molecule has 0 aliphatic heterocycles. The lowest BCUT2D eigenvalue weighted by molar-refractivity contribution is 0.0757. The Morgan fingerprint density at radius 1 is 1.15 bits per heavy atom. The molecule has 0 spiro atoms. The maximum Gasteiger partial charge on any atom is 0.256 e. The van der Waals surface area contributed by atoms with Crippen LogP contribution in [0.15, 0.2) is 30.5 Å². The second-order valence-corrected chi connectivity index (χ2v) is 5.16. The number of amides is 1. The molecule has 106 valence electrons. The fourth-order valence-electron chi connectivity index (χ4n) is 2.35. The molecule has 1 aromatic heterocycles. The molecule has 0 radical (unpaired) electrons. The molecule has 1 aromatic carbocycles.